The lowest BCUT2D eigenvalue weighted by molar-refractivity contribution is -0.384. The van der Waals surface area contributed by atoms with Gasteiger partial charge in [0.2, 0.25) is 0 Å². The Morgan fingerprint density at radius 2 is 2.16 bits per heavy atom. The first-order valence-electron chi connectivity index (χ1n) is 6.53. The van der Waals surface area contributed by atoms with Gasteiger partial charge in [0.05, 0.1) is 4.92 Å². The third kappa shape index (κ3) is 3.58. The first-order chi connectivity index (χ1) is 9.10. The van der Waals surface area contributed by atoms with E-state index in [1.807, 2.05) is 0 Å². The Bertz CT molecular complexity index is 459. The minimum absolute atomic E-state index is 0.0855. The standard InChI is InChI=1S/C13H18ClN3O2/c1-2-16-7-5-11(6-8-16)15-12-9-10(14)3-4-13(12)17(18)19/h3-4,9,11,15H,2,5-8H2,1H3. The maximum Gasteiger partial charge on any atom is 0.292 e. The number of nitro groups is 1. The average Bonchev–Trinajstić information content (AvgIpc) is 2.39. The van der Waals surface area contributed by atoms with Gasteiger partial charge >= 0.3 is 0 Å². The molecule has 0 aliphatic carbocycles. The molecule has 1 N–H and O–H groups in total. The minimum atomic E-state index is -0.375. The van der Waals surface area contributed by atoms with Crippen LogP contribution in [0.25, 0.3) is 0 Å². The second kappa shape index (κ2) is 6.21. The van der Waals surface area contributed by atoms with Gasteiger partial charge in [-0.25, -0.2) is 0 Å². The Kier molecular flexibility index (Phi) is 4.61. The maximum absolute atomic E-state index is 11.0. The van der Waals surface area contributed by atoms with Crippen LogP contribution in [0.4, 0.5) is 11.4 Å². The summed E-state index contributed by atoms with van der Waals surface area (Å²) >= 11 is 5.91. The van der Waals surface area contributed by atoms with Gasteiger partial charge in [-0.1, -0.05) is 18.5 Å². The van der Waals surface area contributed by atoms with Gasteiger partial charge in [0.15, 0.2) is 0 Å². The molecular formula is C13H18ClN3O2. The number of nitrogens with one attached hydrogen (secondary N) is 1. The quantitative estimate of drug-likeness (QED) is 0.681. The van der Waals surface area contributed by atoms with Crippen LogP contribution in [0.5, 0.6) is 0 Å². The molecule has 0 unspecified atom stereocenters. The monoisotopic (exact) mass is 283 g/mol. The largest absolute Gasteiger partial charge is 0.377 e. The van der Waals surface area contributed by atoms with Crippen molar-refractivity contribution >= 4 is 23.0 Å². The highest BCUT2D eigenvalue weighted by Crippen LogP contribution is 2.29. The van der Waals surface area contributed by atoms with E-state index < -0.39 is 0 Å². The molecule has 1 fully saturated rings. The van der Waals surface area contributed by atoms with E-state index in [2.05, 4.69) is 17.1 Å². The van der Waals surface area contributed by atoms with Gasteiger partial charge in [0.1, 0.15) is 5.69 Å². The van der Waals surface area contributed by atoms with Crippen molar-refractivity contribution in [2.75, 3.05) is 25.0 Å². The summed E-state index contributed by atoms with van der Waals surface area (Å²) in [5.74, 6) is 0. The number of halogens is 1. The van der Waals surface area contributed by atoms with Gasteiger partial charge in [-0.05, 0) is 31.5 Å². The molecule has 0 amide bonds. The van der Waals surface area contributed by atoms with Crippen molar-refractivity contribution < 1.29 is 4.92 Å². The van der Waals surface area contributed by atoms with Crippen LogP contribution in [0.2, 0.25) is 5.02 Å². The van der Waals surface area contributed by atoms with Crippen LogP contribution in [0.1, 0.15) is 19.8 Å². The summed E-state index contributed by atoms with van der Waals surface area (Å²) in [6, 6.07) is 4.91. The molecule has 0 aromatic heterocycles. The van der Waals surface area contributed by atoms with Crippen molar-refractivity contribution in [3.8, 4) is 0 Å². The number of hydrogen-bond acceptors (Lipinski definition) is 4. The van der Waals surface area contributed by atoms with E-state index in [1.54, 1.807) is 12.1 Å². The molecule has 1 saturated heterocycles. The van der Waals surface area contributed by atoms with Crippen LogP contribution < -0.4 is 5.32 Å². The highest BCUT2D eigenvalue weighted by atomic mass is 35.5. The summed E-state index contributed by atoms with van der Waals surface area (Å²) in [6.45, 7) is 5.27. The molecule has 19 heavy (non-hydrogen) atoms. The maximum atomic E-state index is 11.0. The Labute approximate surface area is 117 Å². The Morgan fingerprint density at radius 1 is 1.47 bits per heavy atom. The van der Waals surface area contributed by atoms with E-state index in [9.17, 15) is 10.1 Å². The van der Waals surface area contributed by atoms with Crippen LogP contribution >= 0.6 is 11.6 Å². The van der Waals surface area contributed by atoms with E-state index in [0.717, 1.165) is 32.5 Å². The molecule has 1 aliphatic rings. The van der Waals surface area contributed by atoms with Gasteiger partial charge < -0.3 is 10.2 Å². The molecular weight excluding hydrogens is 266 g/mol. The number of rotatable bonds is 4. The summed E-state index contributed by atoms with van der Waals surface area (Å²) in [5.41, 5.74) is 0.606. The SMILES string of the molecule is CCN1CCC(Nc2cc(Cl)ccc2[N+](=O)[O-])CC1. The summed E-state index contributed by atoms with van der Waals surface area (Å²) in [5, 5.41) is 14.8. The lowest BCUT2D eigenvalue weighted by Gasteiger charge is -2.31. The van der Waals surface area contributed by atoms with Crippen LogP contribution in [0.3, 0.4) is 0 Å². The third-order valence-corrected chi connectivity index (χ3v) is 3.78. The van der Waals surface area contributed by atoms with Crippen molar-refractivity contribution in [3.05, 3.63) is 33.3 Å². The van der Waals surface area contributed by atoms with Gasteiger partial charge in [0, 0.05) is 30.2 Å². The number of piperidine rings is 1. The molecule has 1 aliphatic heterocycles. The number of nitrogens with zero attached hydrogens (tertiary/aromatic N) is 2. The van der Waals surface area contributed by atoms with Crippen molar-refractivity contribution in [2.24, 2.45) is 0 Å². The molecule has 1 aromatic rings. The van der Waals surface area contributed by atoms with Gasteiger partial charge in [-0.15, -0.1) is 0 Å². The van der Waals surface area contributed by atoms with Crippen LogP contribution in [0.15, 0.2) is 18.2 Å². The fourth-order valence-electron chi connectivity index (χ4n) is 2.40. The normalized spacial score (nSPS) is 17.4. The molecule has 1 aromatic carbocycles. The van der Waals surface area contributed by atoms with Crippen molar-refractivity contribution in [2.45, 2.75) is 25.8 Å². The Hall–Kier alpha value is -1.33. The lowest BCUT2D eigenvalue weighted by Crippen LogP contribution is -2.38. The zero-order chi connectivity index (χ0) is 13.8. The number of anilines is 1. The summed E-state index contributed by atoms with van der Waals surface area (Å²) < 4.78 is 0. The highest BCUT2D eigenvalue weighted by Gasteiger charge is 2.21. The molecule has 1 heterocycles. The number of likely N-dealkylation sites (tertiary alicyclic amines) is 1. The summed E-state index contributed by atoms with van der Waals surface area (Å²) in [6.07, 6.45) is 2.00. The van der Waals surface area contributed by atoms with Crippen molar-refractivity contribution in [1.82, 2.24) is 4.90 Å². The lowest BCUT2D eigenvalue weighted by atomic mass is 10.0. The molecule has 6 heteroatoms. The van der Waals surface area contributed by atoms with E-state index in [0.29, 0.717) is 10.7 Å². The number of benzene rings is 1. The predicted octanol–water partition coefficient (Wildman–Crippen LogP) is 3.14. The van der Waals surface area contributed by atoms with E-state index in [-0.39, 0.29) is 16.7 Å². The van der Waals surface area contributed by atoms with Gasteiger partial charge in [-0.3, -0.25) is 10.1 Å². The van der Waals surface area contributed by atoms with Gasteiger partial charge in [0.25, 0.3) is 5.69 Å². The van der Waals surface area contributed by atoms with E-state index in [4.69, 9.17) is 11.6 Å². The predicted molar refractivity (Wildman–Crippen MR) is 76.9 cm³/mol. The zero-order valence-corrected chi connectivity index (χ0v) is 11.7. The second-order valence-corrected chi connectivity index (χ2v) is 5.21. The van der Waals surface area contributed by atoms with Crippen molar-refractivity contribution in [3.63, 3.8) is 0 Å². The fourth-order valence-corrected chi connectivity index (χ4v) is 2.57. The molecule has 0 bridgehead atoms. The van der Waals surface area contributed by atoms with Crippen LogP contribution in [-0.4, -0.2) is 35.5 Å². The van der Waals surface area contributed by atoms with Gasteiger partial charge in [-0.2, -0.15) is 0 Å². The molecule has 0 radical (unpaired) electrons. The Balaban J connectivity index is 2.06. The first kappa shape index (κ1) is 14.1. The second-order valence-electron chi connectivity index (χ2n) is 4.77. The molecule has 0 saturated carbocycles. The first-order valence-corrected chi connectivity index (χ1v) is 6.90. The van der Waals surface area contributed by atoms with Crippen LogP contribution in [-0.2, 0) is 0 Å². The van der Waals surface area contributed by atoms with Crippen molar-refractivity contribution in [1.29, 1.82) is 0 Å². The Morgan fingerprint density at radius 3 is 2.74 bits per heavy atom. The zero-order valence-electron chi connectivity index (χ0n) is 10.9. The van der Waals surface area contributed by atoms with E-state index >= 15 is 0 Å². The molecule has 0 spiro atoms. The summed E-state index contributed by atoms with van der Waals surface area (Å²) in [7, 11) is 0. The molecule has 5 nitrogen and oxygen atoms in total. The highest BCUT2D eigenvalue weighted by molar-refractivity contribution is 6.31. The minimum Gasteiger partial charge on any atom is -0.377 e. The number of nitro benzene ring substituents is 1. The fraction of sp³-hybridized carbons (Fsp3) is 0.538. The smallest absolute Gasteiger partial charge is 0.292 e. The molecule has 2 rings (SSSR count). The van der Waals surface area contributed by atoms with Crippen LogP contribution in [0, 0.1) is 10.1 Å². The number of hydrogen-bond donors (Lipinski definition) is 1. The average molecular weight is 284 g/mol. The van der Waals surface area contributed by atoms with E-state index in [1.165, 1.54) is 6.07 Å². The molecule has 0 atom stereocenters. The summed E-state index contributed by atoms with van der Waals surface area (Å²) in [4.78, 5) is 13.0. The topological polar surface area (TPSA) is 58.4 Å². The third-order valence-electron chi connectivity index (χ3n) is 3.55. The molecule has 104 valence electrons.